The van der Waals surface area contributed by atoms with Gasteiger partial charge < -0.3 is 4.74 Å². The van der Waals surface area contributed by atoms with Crippen molar-refractivity contribution in [2.24, 2.45) is 5.10 Å². The first-order chi connectivity index (χ1) is 14.8. The average Bonchev–Trinajstić information content (AvgIpc) is 2.75. The van der Waals surface area contributed by atoms with Gasteiger partial charge in [0.1, 0.15) is 11.4 Å². The molecular weight excluding hydrogens is 472 g/mol. The zero-order chi connectivity index (χ0) is 22.4. The number of nitrogens with one attached hydrogen (secondary N) is 1. The number of carbonyl (C=O) groups is 1. The molecule has 0 aliphatic carbocycles. The van der Waals surface area contributed by atoms with E-state index in [0.29, 0.717) is 21.3 Å². The lowest BCUT2D eigenvalue weighted by molar-refractivity contribution is -0.393. The number of rotatable bonds is 7. The van der Waals surface area contributed by atoms with E-state index < -0.39 is 27.2 Å². The van der Waals surface area contributed by atoms with E-state index in [9.17, 15) is 25.0 Å². The summed E-state index contributed by atoms with van der Waals surface area (Å²) in [5.74, 6) is -0.182. The minimum absolute atomic E-state index is 0.00541. The van der Waals surface area contributed by atoms with E-state index in [1.807, 2.05) is 0 Å². The molecule has 0 saturated carbocycles. The molecule has 10 nitrogen and oxygen atoms in total. The summed E-state index contributed by atoms with van der Waals surface area (Å²) in [6.45, 7) is 0. The zero-order valence-electron chi connectivity index (χ0n) is 15.6. The summed E-state index contributed by atoms with van der Waals surface area (Å²) in [5.41, 5.74) is 2.65. The van der Waals surface area contributed by atoms with Gasteiger partial charge in [0, 0.05) is 10.5 Å². The van der Waals surface area contributed by atoms with Crippen molar-refractivity contribution in [1.82, 2.24) is 0 Å². The maximum absolute atomic E-state index is 12.2. The number of esters is 1. The number of non-ortho nitro benzene ring substituents is 1. The van der Waals surface area contributed by atoms with Gasteiger partial charge in [-0.1, -0.05) is 12.1 Å². The van der Waals surface area contributed by atoms with Crippen LogP contribution in [0.15, 0.2) is 76.3 Å². The van der Waals surface area contributed by atoms with Crippen LogP contribution in [0.25, 0.3) is 0 Å². The fourth-order valence-electron chi connectivity index (χ4n) is 2.47. The highest BCUT2D eigenvalue weighted by Crippen LogP contribution is 2.29. The van der Waals surface area contributed by atoms with Gasteiger partial charge in [0.2, 0.25) is 0 Å². The maximum atomic E-state index is 12.2. The number of benzene rings is 3. The number of ether oxygens (including phenoxy) is 1. The van der Waals surface area contributed by atoms with Gasteiger partial charge in [-0.25, -0.2) is 4.79 Å². The molecule has 156 valence electrons. The summed E-state index contributed by atoms with van der Waals surface area (Å²) in [6, 6.07) is 16.5. The second-order valence-electron chi connectivity index (χ2n) is 6.02. The molecule has 1 N–H and O–H groups in total. The molecule has 0 heterocycles. The number of nitrogens with zero attached hydrogens (tertiary/aromatic N) is 3. The number of hydrazone groups is 1. The molecule has 11 heteroatoms. The summed E-state index contributed by atoms with van der Waals surface area (Å²) in [6.07, 6.45) is 1.39. The van der Waals surface area contributed by atoms with E-state index in [0.717, 1.165) is 12.1 Å². The number of halogens is 1. The molecular formula is C20H13BrN4O6. The highest BCUT2D eigenvalue weighted by molar-refractivity contribution is 9.10. The van der Waals surface area contributed by atoms with Crippen molar-refractivity contribution in [2.45, 2.75) is 0 Å². The first-order valence-electron chi connectivity index (χ1n) is 8.64. The van der Waals surface area contributed by atoms with Crippen molar-refractivity contribution >= 4 is 45.2 Å². The van der Waals surface area contributed by atoms with Gasteiger partial charge in [-0.15, -0.1) is 0 Å². The highest BCUT2D eigenvalue weighted by atomic mass is 79.9. The Hall–Kier alpha value is -4.12. The number of anilines is 1. The van der Waals surface area contributed by atoms with Gasteiger partial charge in [-0.3, -0.25) is 25.7 Å². The van der Waals surface area contributed by atoms with Crippen molar-refractivity contribution < 1.29 is 19.4 Å². The van der Waals surface area contributed by atoms with Crippen molar-refractivity contribution in [3.63, 3.8) is 0 Å². The lowest BCUT2D eigenvalue weighted by atomic mass is 10.2. The Balaban J connectivity index is 1.66. The Morgan fingerprint density at radius 1 is 1.00 bits per heavy atom. The Bertz CT molecular complexity index is 1180. The fraction of sp³-hybridized carbons (Fsp3) is 0. The van der Waals surface area contributed by atoms with Gasteiger partial charge in [-0.2, -0.15) is 5.10 Å². The smallest absolute Gasteiger partial charge is 0.344 e. The van der Waals surface area contributed by atoms with Crippen LogP contribution in [0.3, 0.4) is 0 Å². The first-order valence-corrected chi connectivity index (χ1v) is 9.43. The molecule has 3 rings (SSSR count). The average molecular weight is 485 g/mol. The Kier molecular flexibility index (Phi) is 6.67. The summed E-state index contributed by atoms with van der Waals surface area (Å²) in [4.78, 5) is 32.7. The molecule has 0 bridgehead atoms. The third-order valence-corrected chi connectivity index (χ3v) is 4.66. The van der Waals surface area contributed by atoms with Crippen LogP contribution in [0.5, 0.6) is 5.75 Å². The quantitative estimate of drug-likeness (QED) is 0.165. The van der Waals surface area contributed by atoms with Gasteiger partial charge in [0.25, 0.3) is 5.69 Å². The van der Waals surface area contributed by atoms with Crippen molar-refractivity contribution in [1.29, 1.82) is 0 Å². The predicted molar refractivity (Wildman–Crippen MR) is 117 cm³/mol. The van der Waals surface area contributed by atoms with Crippen molar-refractivity contribution in [3.8, 4) is 5.75 Å². The van der Waals surface area contributed by atoms with Crippen LogP contribution in [-0.4, -0.2) is 22.0 Å². The Morgan fingerprint density at radius 3 is 2.35 bits per heavy atom. The number of nitro groups is 2. The van der Waals surface area contributed by atoms with E-state index in [4.69, 9.17) is 4.74 Å². The second-order valence-corrected chi connectivity index (χ2v) is 6.88. The lowest BCUT2D eigenvalue weighted by Crippen LogP contribution is -2.09. The third-order valence-electron chi connectivity index (χ3n) is 3.97. The molecule has 0 aliphatic heterocycles. The van der Waals surface area contributed by atoms with Crippen LogP contribution in [-0.2, 0) is 0 Å². The minimum atomic E-state index is -0.737. The Labute approximate surface area is 183 Å². The molecule has 31 heavy (non-hydrogen) atoms. The maximum Gasteiger partial charge on any atom is 0.344 e. The summed E-state index contributed by atoms with van der Waals surface area (Å²) < 4.78 is 5.94. The summed E-state index contributed by atoms with van der Waals surface area (Å²) in [7, 11) is 0. The number of hydrogen-bond donors (Lipinski definition) is 1. The van der Waals surface area contributed by atoms with Crippen LogP contribution in [0.4, 0.5) is 17.1 Å². The minimum Gasteiger partial charge on any atom is -0.423 e. The molecule has 0 unspecified atom stereocenters. The molecule has 0 atom stereocenters. The van der Waals surface area contributed by atoms with Gasteiger partial charge in [0.15, 0.2) is 0 Å². The molecule has 3 aromatic carbocycles. The van der Waals surface area contributed by atoms with Crippen molar-refractivity contribution in [2.75, 3.05) is 5.43 Å². The molecule has 0 amide bonds. The molecule has 0 aliphatic rings. The van der Waals surface area contributed by atoms with Crippen LogP contribution < -0.4 is 10.2 Å². The summed E-state index contributed by atoms with van der Waals surface area (Å²) in [5, 5.41) is 25.8. The Morgan fingerprint density at radius 2 is 1.71 bits per heavy atom. The second kappa shape index (κ2) is 9.59. The number of nitro benzene ring substituents is 2. The van der Waals surface area contributed by atoms with Gasteiger partial charge in [0.05, 0.1) is 27.7 Å². The third kappa shape index (κ3) is 5.48. The monoisotopic (exact) mass is 484 g/mol. The topological polar surface area (TPSA) is 137 Å². The zero-order valence-corrected chi connectivity index (χ0v) is 17.2. The van der Waals surface area contributed by atoms with E-state index in [2.05, 4.69) is 26.5 Å². The molecule has 0 fully saturated rings. The van der Waals surface area contributed by atoms with E-state index >= 15 is 0 Å². The van der Waals surface area contributed by atoms with Crippen LogP contribution in [0, 0.1) is 20.2 Å². The number of hydrogen-bond acceptors (Lipinski definition) is 8. The fourth-order valence-corrected chi connectivity index (χ4v) is 2.91. The number of carbonyl (C=O) groups excluding carboxylic acids is 1. The van der Waals surface area contributed by atoms with Crippen LogP contribution in [0.2, 0.25) is 0 Å². The molecule has 0 radical (unpaired) electrons. The SMILES string of the molecule is O=C(Oc1ccc(/C=N\Nc2ccc([N+](=O)[O-])cc2[N+](=O)[O-])cc1)c1ccccc1Br. The van der Waals surface area contributed by atoms with Crippen LogP contribution in [0.1, 0.15) is 15.9 Å². The first kappa shape index (κ1) is 21.6. The largest absolute Gasteiger partial charge is 0.423 e. The predicted octanol–water partition coefficient (Wildman–Crippen LogP) is 4.93. The molecule has 0 spiro atoms. The molecule has 0 aromatic heterocycles. The van der Waals surface area contributed by atoms with Gasteiger partial charge >= 0.3 is 11.7 Å². The highest BCUT2D eigenvalue weighted by Gasteiger charge is 2.19. The lowest BCUT2D eigenvalue weighted by Gasteiger charge is -2.06. The van der Waals surface area contributed by atoms with E-state index in [1.165, 1.54) is 12.3 Å². The molecule has 3 aromatic rings. The normalized spacial score (nSPS) is 10.6. The standard InChI is InChI=1S/C20H13BrN4O6/c21-17-4-2-1-3-16(17)20(26)31-15-8-5-13(6-9-15)12-22-23-18-10-7-14(24(27)28)11-19(18)25(29)30/h1-12,23H/b22-12-. The van der Waals surface area contributed by atoms with Crippen molar-refractivity contribution in [3.05, 3.63) is 103 Å². The van der Waals surface area contributed by atoms with Crippen LogP contribution >= 0.6 is 15.9 Å². The van der Waals surface area contributed by atoms with E-state index in [-0.39, 0.29) is 5.69 Å². The van der Waals surface area contributed by atoms with Gasteiger partial charge in [-0.05, 0) is 64.0 Å². The molecule has 0 saturated heterocycles. The van der Waals surface area contributed by atoms with E-state index in [1.54, 1.807) is 48.5 Å². The summed E-state index contributed by atoms with van der Waals surface area (Å²) >= 11 is 3.29.